The van der Waals surface area contributed by atoms with E-state index >= 15 is 0 Å². The van der Waals surface area contributed by atoms with Gasteiger partial charge in [-0.1, -0.05) is 0 Å². The molecule has 0 radical (unpaired) electrons. The van der Waals surface area contributed by atoms with Crippen LogP contribution in [0.2, 0.25) is 0 Å². The van der Waals surface area contributed by atoms with Crippen molar-refractivity contribution < 1.29 is 4.84 Å². The third-order valence-corrected chi connectivity index (χ3v) is 2.05. The molecular weight excluding hydrogens is 128 g/mol. The molecule has 10 heavy (non-hydrogen) atoms. The van der Waals surface area contributed by atoms with Crippen molar-refractivity contribution in [3.05, 3.63) is 0 Å². The van der Waals surface area contributed by atoms with Crippen molar-refractivity contribution >= 4 is 0 Å². The molecule has 0 aliphatic carbocycles. The summed E-state index contributed by atoms with van der Waals surface area (Å²) in [6, 6.07) is 0. The molecule has 60 valence electrons. The number of hydroxylamine groups is 2. The zero-order valence-corrected chi connectivity index (χ0v) is 7.22. The second kappa shape index (κ2) is 2.49. The molecule has 1 rings (SSSR count). The largest absolute Gasteiger partial charge is 0.277 e. The summed E-state index contributed by atoms with van der Waals surface area (Å²) < 4.78 is 0. The smallest absolute Gasteiger partial charge is 0.137 e. The molecule has 0 aromatic carbocycles. The first-order chi connectivity index (χ1) is 4.52. The number of nitrogens with zero attached hydrogens (tertiary/aromatic N) is 2. The summed E-state index contributed by atoms with van der Waals surface area (Å²) in [5.74, 6) is 0. The lowest BCUT2D eigenvalue weighted by molar-refractivity contribution is -0.300. The molecule has 0 N–H and O–H groups in total. The molecule has 0 saturated carbocycles. The van der Waals surface area contributed by atoms with E-state index in [9.17, 15) is 0 Å². The molecule has 0 bridgehead atoms. The van der Waals surface area contributed by atoms with Gasteiger partial charge in [-0.3, -0.25) is 9.74 Å². The molecule has 3 heteroatoms. The van der Waals surface area contributed by atoms with Crippen LogP contribution in [-0.4, -0.2) is 42.9 Å². The highest BCUT2D eigenvalue weighted by atomic mass is 16.7. The van der Waals surface area contributed by atoms with Crippen LogP contribution >= 0.6 is 0 Å². The third-order valence-electron chi connectivity index (χ3n) is 2.05. The van der Waals surface area contributed by atoms with Crippen molar-refractivity contribution in [3.8, 4) is 0 Å². The Kier molecular flexibility index (Phi) is 1.99. The van der Waals surface area contributed by atoms with E-state index in [2.05, 4.69) is 25.8 Å². The van der Waals surface area contributed by atoms with Crippen molar-refractivity contribution in [2.75, 3.05) is 27.2 Å². The summed E-state index contributed by atoms with van der Waals surface area (Å²) in [6.07, 6.45) is 0. The zero-order valence-electron chi connectivity index (χ0n) is 7.22. The Morgan fingerprint density at radius 2 is 1.80 bits per heavy atom. The first kappa shape index (κ1) is 7.98. The van der Waals surface area contributed by atoms with Crippen LogP contribution in [0.25, 0.3) is 0 Å². The van der Waals surface area contributed by atoms with Crippen molar-refractivity contribution in [1.29, 1.82) is 0 Å². The van der Waals surface area contributed by atoms with Crippen LogP contribution in [0.5, 0.6) is 0 Å². The topological polar surface area (TPSA) is 15.7 Å². The van der Waals surface area contributed by atoms with Crippen LogP contribution in [0.15, 0.2) is 0 Å². The first-order valence-electron chi connectivity index (χ1n) is 3.64. The molecule has 1 saturated heterocycles. The Morgan fingerprint density at radius 3 is 2.20 bits per heavy atom. The van der Waals surface area contributed by atoms with Gasteiger partial charge in [0.05, 0.1) is 0 Å². The zero-order chi connectivity index (χ0) is 7.78. The minimum absolute atomic E-state index is 0.132. The maximum absolute atomic E-state index is 5.55. The molecular formula is C7H16N2O. The molecule has 1 aliphatic heterocycles. The fourth-order valence-corrected chi connectivity index (χ4v) is 1.06. The van der Waals surface area contributed by atoms with Crippen LogP contribution in [0, 0.1) is 0 Å². The monoisotopic (exact) mass is 144 g/mol. The van der Waals surface area contributed by atoms with Gasteiger partial charge in [-0.15, -0.1) is 0 Å². The Labute approximate surface area is 62.5 Å². The van der Waals surface area contributed by atoms with Crippen molar-refractivity contribution in [1.82, 2.24) is 9.96 Å². The average Bonchev–Trinajstić information content (AvgIpc) is 1.78. The maximum atomic E-state index is 5.55. The molecule has 1 heterocycles. The number of hydrogen-bond donors (Lipinski definition) is 0. The van der Waals surface area contributed by atoms with Gasteiger partial charge in [0.15, 0.2) is 0 Å². The summed E-state index contributed by atoms with van der Waals surface area (Å²) in [5.41, 5.74) is -0.132. The lowest BCUT2D eigenvalue weighted by atomic mass is 10.2. The highest BCUT2D eigenvalue weighted by molar-refractivity contribution is 4.71. The Morgan fingerprint density at radius 1 is 1.20 bits per heavy atom. The van der Waals surface area contributed by atoms with E-state index in [0.717, 1.165) is 13.1 Å². The lowest BCUT2D eigenvalue weighted by Crippen LogP contribution is -2.54. The van der Waals surface area contributed by atoms with Crippen LogP contribution in [0.4, 0.5) is 0 Å². The Balaban J connectivity index is 2.55. The van der Waals surface area contributed by atoms with E-state index in [-0.39, 0.29) is 5.72 Å². The van der Waals surface area contributed by atoms with Gasteiger partial charge in [0.2, 0.25) is 0 Å². The van der Waals surface area contributed by atoms with E-state index in [4.69, 9.17) is 4.84 Å². The quantitative estimate of drug-likeness (QED) is 0.493. The van der Waals surface area contributed by atoms with Gasteiger partial charge < -0.3 is 0 Å². The number of hydrogen-bond acceptors (Lipinski definition) is 3. The highest BCUT2D eigenvalue weighted by Crippen LogP contribution is 2.18. The molecule has 1 aliphatic rings. The lowest BCUT2D eigenvalue weighted by Gasteiger charge is -2.43. The van der Waals surface area contributed by atoms with E-state index in [1.807, 2.05) is 12.1 Å². The average molecular weight is 144 g/mol. The maximum Gasteiger partial charge on any atom is 0.137 e. The van der Waals surface area contributed by atoms with E-state index < -0.39 is 0 Å². The summed E-state index contributed by atoms with van der Waals surface area (Å²) >= 11 is 0. The number of likely N-dealkylation sites (N-methyl/N-ethyl adjacent to an activating group) is 2. The Bertz CT molecular complexity index is 125. The van der Waals surface area contributed by atoms with Gasteiger partial charge in [-0.25, -0.2) is 0 Å². The fourth-order valence-electron chi connectivity index (χ4n) is 1.06. The predicted molar refractivity (Wildman–Crippen MR) is 40.4 cm³/mol. The van der Waals surface area contributed by atoms with Gasteiger partial charge >= 0.3 is 0 Å². The van der Waals surface area contributed by atoms with Crippen LogP contribution in [0.3, 0.4) is 0 Å². The van der Waals surface area contributed by atoms with Crippen molar-refractivity contribution in [2.24, 2.45) is 0 Å². The van der Waals surface area contributed by atoms with Crippen LogP contribution in [0.1, 0.15) is 13.8 Å². The van der Waals surface area contributed by atoms with Gasteiger partial charge in [0.25, 0.3) is 0 Å². The molecule has 0 unspecified atom stereocenters. The van der Waals surface area contributed by atoms with E-state index in [1.165, 1.54) is 0 Å². The predicted octanol–water partition coefficient (Wildman–Crippen LogP) is 0.531. The normalized spacial score (nSPS) is 28.8. The molecule has 3 nitrogen and oxygen atoms in total. The SMILES string of the molecule is CN1CCN(C)C(C)(C)O1. The number of rotatable bonds is 0. The summed E-state index contributed by atoms with van der Waals surface area (Å²) in [5, 5.41) is 1.89. The molecule has 0 aromatic heterocycles. The molecule has 0 atom stereocenters. The first-order valence-corrected chi connectivity index (χ1v) is 3.64. The van der Waals surface area contributed by atoms with Crippen LogP contribution in [-0.2, 0) is 4.84 Å². The highest BCUT2D eigenvalue weighted by Gasteiger charge is 2.30. The van der Waals surface area contributed by atoms with E-state index in [0.29, 0.717) is 0 Å². The summed E-state index contributed by atoms with van der Waals surface area (Å²) in [4.78, 5) is 7.75. The second-order valence-electron chi connectivity index (χ2n) is 3.31. The minimum Gasteiger partial charge on any atom is -0.277 e. The van der Waals surface area contributed by atoms with Crippen molar-refractivity contribution in [3.63, 3.8) is 0 Å². The third kappa shape index (κ3) is 1.48. The molecule has 1 fully saturated rings. The van der Waals surface area contributed by atoms with Gasteiger partial charge in [0, 0.05) is 20.1 Å². The van der Waals surface area contributed by atoms with E-state index in [1.54, 1.807) is 0 Å². The molecule has 0 amide bonds. The van der Waals surface area contributed by atoms with Crippen LogP contribution < -0.4 is 0 Å². The minimum atomic E-state index is -0.132. The second-order valence-corrected chi connectivity index (χ2v) is 3.31. The fraction of sp³-hybridized carbons (Fsp3) is 1.00. The molecule has 0 spiro atoms. The summed E-state index contributed by atoms with van der Waals surface area (Å²) in [7, 11) is 4.04. The Hall–Kier alpha value is -0.120. The van der Waals surface area contributed by atoms with Gasteiger partial charge in [0.1, 0.15) is 5.72 Å². The molecule has 0 aromatic rings. The van der Waals surface area contributed by atoms with Gasteiger partial charge in [-0.05, 0) is 20.9 Å². The van der Waals surface area contributed by atoms with Gasteiger partial charge in [-0.2, -0.15) is 5.06 Å². The summed E-state index contributed by atoms with van der Waals surface area (Å²) in [6.45, 7) is 6.20. The van der Waals surface area contributed by atoms with Crippen molar-refractivity contribution in [2.45, 2.75) is 19.6 Å². The standard InChI is InChI=1S/C7H16N2O/c1-7(2)8(3)5-6-9(4)10-7/h5-6H2,1-4H3.